The standard InChI is InChI=1S/C19H21NO4S2/c1-22-19(5-8-23-9-6-19)13-10-18(25-12-13)26-14-2-3-15-16(20-21)4-7-24-17(15)11-14/h2-3,10-12,21H,4-9H2,1H3/b20-16-. The summed E-state index contributed by atoms with van der Waals surface area (Å²) in [5.74, 6) is 0.781. The molecule has 0 amide bonds. The Bertz CT molecular complexity index is 812. The first-order valence-corrected chi connectivity index (χ1v) is 10.3. The number of methoxy groups -OCH3 is 1. The van der Waals surface area contributed by atoms with Gasteiger partial charge in [-0.1, -0.05) is 16.9 Å². The molecule has 0 saturated carbocycles. The van der Waals surface area contributed by atoms with Crippen molar-refractivity contribution < 1.29 is 19.4 Å². The number of rotatable bonds is 4. The van der Waals surface area contributed by atoms with E-state index in [1.807, 2.05) is 18.2 Å². The van der Waals surface area contributed by atoms with Crippen molar-refractivity contribution in [3.63, 3.8) is 0 Å². The van der Waals surface area contributed by atoms with E-state index in [1.54, 1.807) is 30.2 Å². The molecule has 1 saturated heterocycles. The first-order valence-electron chi connectivity index (χ1n) is 8.62. The molecular formula is C19H21NO4S2. The fourth-order valence-corrected chi connectivity index (χ4v) is 5.52. The lowest BCUT2D eigenvalue weighted by atomic mass is 9.88. The zero-order valence-corrected chi connectivity index (χ0v) is 16.2. The van der Waals surface area contributed by atoms with Gasteiger partial charge in [-0.15, -0.1) is 11.3 Å². The van der Waals surface area contributed by atoms with Crippen molar-refractivity contribution in [1.29, 1.82) is 0 Å². The van der Waals surface area contributed by atoms with Crippen molar-refractivity contribution in [2.45, 2.75) is 34.0 Å². The summed E-state index contributed by atoms with van der Waals surface area (Å²) in [6.07, 6.45) is 2.41. The Hall–Kier alpha value is -1.54. The molecule has 26 heavy (non-hydrogen) atoms. The highest BCUT2D eigenvalue weighted by Crippen LogP contribution is 2.42. The number of hydrogen-bond acceptors (Lipinski definition) is 7. The quantitative estimate of drug-likeness (QED) is 0.614. The van der Waals surface area contributed by atoms with Gasteiger partial charge in [-0.05, 0) is 35.2 Å². The van der Waals surface area contributed by atoms with Gasteiger partial charge in [0.15, 0.2) is 0 Å². The lowest BCUT2D eigenvalue weighted by Crippen LogP contribution is -2.35. The molecule has 4 rings (SSSR count). The van der Waals surface area contributed by atoms with E-state index >= 15 is 0 Å². The molecule has 0 spiro atoms. The van der Waals surface area contributed by atoms with Crippen molar-refractivity contribution in [2.24, 2.45) is 5.16 Å². The molecule has 1 fully saturated rings. The van der Waals surface area contributed by atoms with Gasteiger partial charge in [0, 0.05) is 50.0 Å². The molecule has 2 aliphatic rings. The zero-order valence-electron chi connectivity index (χ0n) is 14.6. The zero-order chi connectivity index (χ0) is 18.0. The summed E-state index contributed by atoms with van der Waals surface area (Å²) < 4.78 is 18.3. The molecule has 2 aliphatic heterocycles. The van der Waals surface area contributed by atoms with E-state index in [-0.39, 0.29) is 5.60 Å². The Kier molecular flexibility index (Phi) is 5.22. The molecule has 0 unspecified atom stereocenters. The summed E-state index contributed by atoms with van der Waals surface area (Å²) in [4.78, 5) is 1.11. The topological polar surface area (TPSA) is 60.3 Å². The Morgan fingerprint density at radius 2 is 2.08 bits per heavy atom. The summed E-state index contributed by atoms with van der Waals surface area (Å²) in [7, 11) is 1.79. The second kappa shape index (κ2) is 7.60. The highest BCUT2D eigenvalue weighted by molar-refractivity contribution is 8.01. The van der Waals surface area contributed by atoms with Crippen LogP contribution in [0.3, 0.4) is 0 Å². The van der Waals surface area contributed by atoms with Gasteiger partial charge in [-0.3, -0.25) is 0 Å². The van der Waals surface area contributed by atoms with Crippen LogP contribution in [0.1, 0.15) is 30.4 Å². The van der Waals surface area contributed by atoms with Gasteiger partial charge in [-0.25, -0.2) is 0 Å². The van der Waals surface area contributed by atoms with Crippen LogP contribution < -0.4 is 4.74 Å². The molecule has 5 nitrogen and oxygen atoms in total. The smallest absolute Gasteiger partial charge is 0.129 e. The predicted molar refractivity (Wildman–Crippen MR) is 102 cm³/mol. The molecule has 1 N–H and O–H groups in total. The number of hydrogen-bond donors (Lipinski definition) is 1. The van der Waals surface area contributed by atoms with Crippen LogP contribution >= 0.6 is 23.1 Å². The molecule has 0 bridgehead atoms. The van der Waals surface area contributed by atoms with E-state index in [0.29, 0.717) is 18.7 Å². The van der Waals surface area contributed by atoms with Crippen molar-refractivity contribution >= 4 is 28.8 Å². The predicted octanol–water partition coefficient (Wildman–Crippen LogP) is 4.51. The van der Waals surface area contributed by atoms with E-state index in [0.717, 1.165) is 42.3 Å². The number of nitrogens with zero attached hydrogens (tertiary/aromatic N) is 1. The Morgan fingerprint density at radius 3 is 2.85 bits per heavy atom. The van der Waals surface area contributed by atoms with Crippen LogP contribution in [0.4, 0.5) is 0 Å². The lowest BCUT2D eigenvalue weighted by molar-refractivity contribution is -0.0946. The third-order valence-corrected chi connectivity index (χ3v) is 7.06. The van der Waals surface area contributed by atoms with Crippen molar-refractivity contribution in [2.75, 3.05) is 26.9 Å². The number of oxime groups is 1. The summed E-state index contributed by atoms with van der Waals surface area (Å²) >= 11 is 3.44. The Balaban J connectivity index is 1.54. The first-order chi connectivity index (χ1) is 12.7. The van der Waals surface area contributed by atoms with Crippen LogP contribution in [0, 0.1) is 0 Å². The summed E-state index contributed by atoms with van der Waals surface area (Å²) in [6.45, 7) is 2.02. The minimum Gasteiger partial charge on any atom is -0.492 e. The average molecular weight is 392 g/mol. The van der Waals surface area contributed by atoms with Crippen molar-refractivity contribution in [1.82, 2.24) is 0 Å². The number of benzene rings is 1. The van der Waals surface area contributed by atoms with Gasteiger partial charge in [-0.2, -0.15) is 0 Å². The van der Waals surface area contributed by atoms with E-state index in [9.17, 15) is 0 Å². The molecule has 1 aromatic heterocycles. The third kappa shape index (κ3) is 3.36. The highest BCUT2D eigenvalue weighted by atomic mass is 32.2. The van der Waals surface area contributed by atoms with Gasteiger partial charge in [0.1, 0.15) is 5.75 Å². The van der Waals surface area contributed by atoms with E-state index in [1.165, 1.54) is 9.77 Å². The monoisotopic (exact) mass is 391 g/mol. The van der Waals surface area contributed by atoms with Crippen LogP contribution in [0.2, 0.25) is 0 Å². The SMILES string of the molecule is COC1(c2csc(Sc3ccc4c(c3)OCC/C4=N/O)c2)CCOCC1. The number of thiophene rings is 1. The molecule has 2 aromatic rings. The van der Waals surface area contributed by atoms with Gasteiger partial charge in [0.25, 0.3) is 0 Å². The molecule has 0 radical (unpaired) electrons. The van der Waals surface area contributed by atoms with Crippen LogP contribution in [0.5, 0.6) is 5.75 Å². The van der Waals surface area contributed by atoms with E-state index in [2.05, 4.69) is 16.6 Å². The van der Waals surface area contributed by atoms with Gasteiger partial charge < -0.3 is 19.4 Å². The third-order valence-electron chi connectivity index (χ3n) is 4.99. The van der Waals surface area contributed by atoms with E-state index < -0.39 is 0 Å². The van der Waals surface area contributed by atoms with Gasteiger partial charge in [0.2, 0.25) is 0 Å². The second-order valence-electron chi connectivity index (χ2n) is 6.37. The first kappa shape index (κ1) is 17.9. The average Bonchev–Trinajstić information content (AvgIpc) is 3.17. The van der Waals surface area contributed by atoms with Crippen LogP contribution in [0.15, 0.2) is 43.9 Å². The minimum atomic E-state index is -0.223. The Labute approximate surface area is 161 Å². The second-order valence-corrected chi connectivity index (χ2v) is 8.66. The lowest BCUT2D eigenvalue weighted by Gasteiger charge is -2.35. The maximum absolute atomic E-state index is 9.12. The summed E-state index contributed by atoms with van der Waals surface area (Å²) in [5.41, 5.74) is 2.57. The molecule has 7 heteroatoms. The van der Waals surface area contributed by atoms with Gasteiger partial charge >= 0.3 is 0 Å². The maximum atomic E-state index is 9.12. The highest BCUT2D eigenvalue weighted by Gasteiger charge is 2.35. The summed E-state index contributed by atoms with van der Waals surface area (Å²) in [6, 6.07) is 8.26. The fourth-order valence-electron chi connectivity index (χ4n) is 3.46. The van der Waals surface area contributed by atoms with Crippen molar-refractivity contribution in [3.8, 4) is 5.75 Å². The van der Waals surface area contributed by atoms with Crippen molar-refractivity contribution in [3.05, 3.63) is 40.8 Å². The fraction of sp³-hybridized carbons (Fsp3) is 0.421. The Morgan fingerprint density at radius 1 is 1.23 bits per heavy atom. The van der Waals surface area contributed by atoms with Crippen LogP contribution in [-0.4, -0.2) is 37.8 Å². The molecule has 0 aliphatic carbocycles. The molecular weight excluding hydrogens is 370 g/mol. The number of fused-ring (bicyclic) bond motifs is 1. The van der Waals surface area contributed by atoms with Gasteiger partial charge in [0.05, 0.1) is 22.1 Å². The van der Waals surface area contributed by atoms with E-state index in [4.69, 9.17) is 19.4 Å². The molecule has 0 atom stereocenters. The molecule has 1 aromatic carbocycles. The summed E-state index contributed by atoms with van der Waals surface area (Å²) in [5, 5.41) is 14.7. The maximum Gasteiger partial charge on any atom is 0.129 e. The largest absolute Gasteiger partial charge is 0.492 e. The van der Waals surface area contributed by atoms with Crippen LogP contribution in [-0.2, 0) is 15.1 Å². The normalized spacial score (nSPS) is 20.6. The van der Waals surface area contributed by atoms with Crippen LogP contribution in [0.25, 0.3) is 0 Å². The molecule has 138 valence electrons. The number of ether oxygens (including phenoxy) is 3. The molecule has 3 heterocycles. The minimum absolute atomic E-state index is 0.223.